The van der Waals surface area contributed by atoms with Crippen LogP contribution in [0.25, 0.3) is 0 Å². The van der Waals surface area contributed by atoms with Gasteiger partial charge in [0.05, 0.1) is 5.92 Å². The summed E-state index contributed by atoms with van der Waals surface area (Å²) in [6, 6.07) is 3.87. The van der Waals surface area contributed by atoms with Gasteiger partial charge in [-0.15, -0.1) is 0 Å². The van der Waals surface area contributed by atoms with Crippen LogP contribution < -0.4 is 0 Å². The summed E-state index contributed by atoms with van der Waals surface area (Å²) in [7, 11) is 0. The Bertz CT molecular complexity index is 337. The summed E-state index contributed by atoms with van der Waals surface area (Å²) < 4.78 is 0. The van der Waals surface area contributed by atoms with Gasteiger partial charge >= 0.3 is 5.97 Å². The highest BCUT2D eigenvalue weighted by atomic mass is 16.4. The SMILES string of the molecule is O=C(O)C1CCCCC1c1ccncc1. The van der Waals surface area contributed by atoms with Crippen molar-refractivity contribution in [3.05, 3.63) is 30.1 Å². The van der Waals surface area contributed by atoms with Crippen LogP contribution in [0.1, 0.15) is 37.2 Å². The molecule has 1 aliphatic carbocycles. The number of pyridine rings is 1. The maximum Gasteiger partial charge on any atom is 0.307 e. The molecule has 1 aliphatic rings. The fourth-order valence-electron chi connectivity index (χ4n) is 2.44. The lowest BCUT2D eigenvalue weighted by Gasteiger charge is -2.28. The standard InChI is InChI=1S/C12H15NO2/c14-12(15)11-4-2-1-3-10(11)9-5-7-13-8-6-9/h5-8,10-11H,1-4H2,(H,14,15). The molecule has 3 nitrogen and oxygen atoms in total. The third-order valence-corrected chi connectivity index (χ3v) is 3.22. The van der Waals surface area contributed by atoms with Gasteiger partial charge in [0.15, 0.2) is 0 Å². The van der Waals surface area contributed by atoms with Crippen molar-refractivity contribution in [3.63, 3.8) is 0 Å². The zero-order valence-corrected chi connectivity index (χ0v) is 8.60. The van der Waals surface area contributed by atoms with Gasteiger partial charge in [-0.2, -0.15) is 0 Å². The maximum atomic E-state index is 11.1. The van der Waals surface area contributed by atoms with Crippen LogP contribution >= 0.6 is 0 Å². The fourth-order valence-corrected chi connectivity index (χ4v) is 2.44. The smallest absolute Gasteiger partial charge is 0.307 e. The second-order valence-electron chi connectivity index (χ2n) is 4.12. The van der Waals surface area contributed by atoms with Gasteiger partial charge in [0.25, 0.3) is 0 Å². The molecule has 0 aromatic carbocycles. The molecule has 2 atom stereocenters. The molecule has 1 aromatic rings. The van der Waals surface area contributed by atoms with Crippen LogP contribution in [-0.4, -0.2) is 16.1 Å². The monoisotopic (exact) mass is 205 g/mol. The van der Waals surface area contributed by atoms with Gasteiger partial charge in [0, 0.05) is 12.4 Å². The van der Waals surface area contributed by atoms with Crippen LogP contribution in [0.15, 0.2) is 24.5 Å². The van der Waals surface area contributed by atoms with Crippen molar-refractivity contribution in [1.29, 1.82) is 0 Å². The lowest BCUT2D eigenvalue weighted by molar-refractivity contribution is -0.143. The van der Waals surface area contributed by atoms with E-state index in [1.54, 1.807) is 12.4 Å². The molecule has 0 radical (unpaired) electrons. The Balaban J connectivity index is 2.22. The first-order valence-electron chi connectivity index (χ1n) is 5.42. The van der Waals surface area contributed by atoms with E-state index in [9.17, 15) is 4.79 Å². The van der Waals surface area contributed by atoms with E-state index in [2.05, 4.69) is 4.98 Å². The molecule has 0 aliphatic heterocycles. The zero-order valence-electron chi connectivity index (χ0n) is 8.60. The largest absolute Gasteiger partial charge is 0.481 e. The van der Waals surface area contributed by atoms with E-state index in [1.165, 1.54) is 0 Å². The number of carboxylic acids is 1. The predicted octanol–water partition coefficient (Wildman–Crippen LogP) is 2.44. The van der Waals surface area contributed by atoms with Crippen LogP contribution in [0.5, 0.6) is 0 Å². The van der Waals surface area contributed by atoms with E-state index in [0.29, 0.717) is 0 Å². The molecule has 2 unspecified atom stereocenters. The Labute approximate surface area is 89.2 Å². The topological polar surface area (TPSA) is 50.2 Å². The predicted molar refractivity (Wildman–Crippen MR) is 56.6 cm³/mol. The highest BCUT2D eigenvalue weighted by molar-refractivity contribution is 5.71. The van der Waals surface area contributed by atoms with Gasteiger partial charge < -0.3 is 5.11 Å². The summed E-state index contributed by atoms with van der Waals surface area (Å²) in [4.78, 5) is 15.1. The van der Waals surface area contributed by atoms with Gasteiger partial charge in [-0.25, -0.2) is 0 Å². The van der Waals surface area contributed by atoms with Crippen molar-refractivity contribution in [1.82, 2.24) is 4.98 Å². The molecule has 80 valence electrons. The van der Waals surface area contributed by atoms with Crippen LogP contribution in [0.2, 0.25) is 0 Å². The number of carboxylic acid groups (broad SMARTS) is 1. The highest BCUT2D eigenvalue weighted by Crippen LogP contribution is 2.37. The van der Waals surface area contributed by atoms with Crippen molar-refractivity contribution in [2.75, 3.05) is 0 Å². The first kappa shape index (κ1) is 10.1. The molecular formula is C12H15NO2. The minimum absolute atomic E-state index is 0.180. The zero-order chi connectivity index (χ0) is 10.7. The Morgan fingerprint density at radius 1 is 1.27 bits per heavy atom. The van der Waals surface area contributed by atoms with Crippen molar-refractivity contribution in [2.24, 2.45) is 5.92 Å². The van der Waals surface area contributed by atoms with E-state index in [0.717, 1.165) is 31.2 Å². The number of rotatable bonds is 2. The third-order valence-electron chi connectivity index (χ3n) is 3.22. The maximum absolute atomic E-state index is 11.1. The van der Waals surface area contributed by atoms with Crippen LogP contribution in [0.3, 0.4) is 0 Å². The summed E-state index contributed by atoms with van der Waals surface area (Å²) in [5, 5.41) is 9.15. The molecule has 0 amide bonds. The Kier molecular flexibility index (Phi) is 2.99. The summed E-state index contributed by atoms with van der Waals surface area (Å²) in [6.45, 7) is 0. The lowest BCUT2D eigenvalue weighted by atomic mass is 9.76. The molecule has 0 spiro atoms. The Morgan fingerprint density at radius 3 is 2.60 bits per heavy atom. The average Bonchev–Trinajstić information content (AvgIpc) is 2.30. The van der Waals surface area contributed by atoms with Crippen molar-refractivity contribution >= 4 is 5.97 Å². The van der Waals surface area contributed by atoms with Crippen molar-refractivity contribution < 1.29 is 9.90 Å². The van der Waals surface area contributed by atoms with Crippen LogP contribution in [0, 0.1) is 5.92 Å². The number of nitrogens with zero attached hydrogens (tertiary/aromatic N) is 1. The third kappa shape index (κ3) is 2.17. The van der Waals surface area contributed by atoms with Gasteiger partial charge in [-0.05, 0) is 36.5 Å². The van der Waals surface area contributed by atoms with Gasteiger partial charge in [-0.1, -0.05) is 12.8 Å². The van der Waals surface area contributed by atoms with Crippen LogP contribution in [0.4, 0.5) is 0 Å². The second-order valence-corrected chi connectivity index (χ2v) is 4.12. The lowest BCUT2D eigenvalue weighted by Crippen LogP contribution is -2.25. The number of carbonyl (C=O) groups is 1. The van der Waals surface area contributed by atoms with E-state index in [-0.39, 0.29) is 11.8 Å². The molecule has 0 saturated heterocycles. The molecular weight excluding hydrogens is 190 g/mol. The Morgan fingerprint density at radius 2 is 1.93 bits per heavy atom. The first-order chi connectivity index (χ1) is 7.29. The molecule has 2 rings (SSSR count). The van der Waals surface area contributed by atoms with Crippen LogP contribution in [-0.2, 0) is 4.79 Å². The summed E-state index contributed by atoms with van der Waals surface area (Å²) in [5.74, 6) is -0.683. The van der Waals surface area contributed by atoms with Gasteiger partial charge in [-0.3, -0.25) is 9.78 Å². The molecule has 1 saturated carbocycles. The molecule has 1 heterocycles. The quantitative estimate of drug-likeness (QED) is 0.806. The van der Waals surface area contributed by atoms with E-state index in [4.69, 9.17) is 5.11 Å². The molecule has 1 N–H and O–H groups in total. The summed E-state index contributed by atoms with van der Waals surface area (Å²) in [6.07, 6.45) is 7.45. The normalized spacial score (nSPS) is 26.1. The van der Waals surface area contributed by atoms with E-state index >= 15 is 0 Å². The fraction of sp³-hybridized carbons (Fsp3) is 0.500. The van der Waals surface area contributed by atoms with Crippen molar-refractivity contribution in [2.45, 2.75) is 31.6 Å². The van der Waals surface area contributed by atoms with Gasteiger partial charge in [0.2, 0.25) is 0 Å². The molecule has 1 fully saturated rings. The number of hydrogen-bond donors (Lipinski definition) is 1. The molecule has 1 aromatic heterocycles. The first-order valence-corrected chi connectivity index (χ1v) is 5.42. The van der Waals surface area contributed by atoms with Gasteiger partial charge in [0.1, 0.15) is 0 Å². The molecule has 0 bridgehead atoms. The minimum atomic E-state index is -0.656. The summed E-state index contributed by atoms with van der Waals surface area (Å²) >= 11 is 0. The molecule has 3 heteroatoms. The number of aromatic nitrogens is 1. The number of aliphatic carboxylic acids is 1. The summed E-state index contributed by atoms with van der Waals surface area (Å²) in [5.41, 5.74) is 1.12. The Hall–Kier alpha value is -1.38. The average molecular weight is 205 g/mol. The number of hydrogen-bond acceptors (Lipinski definition) is 2. The molecule has 15 heavy (non-hydrogen) atoms. The van der Waals surface area contributed by atoms with E-state index < -0.39 is 5.97 Å². The minimum Gasteiger partial charge on any atom is -0.481 e. The van der Waals surface area contributed by atoms with Crippen molar-refractivity contribution in [3.8, 4) is 0 Å². The second kappa shape index (κ2) is 4.43. The highest BCUT2D eigenvalue weighted by Gasteiger charge is 2.31. The van der Waals surface area contributed by atoms with E-state index in [1.807, 2.05) is 12.1 Å².